The van der Waals surface area contributed by atoms with Gasteiger partial charge in [0.1, 0.15) is 12.2 Å². The van der Waals surface area contributed by atoms with Crippen LogP contribution in [0, 0.1) is 11.8 Å². The summed E-state index contributed by atoms with van der Waals surface area (Å²) in [6.45, 7) is 2.60. The first-order valence-electron chi connectivity index (χ1n) is 11.3. The van der Waals surface area contributed by atoms with Crippen LogP contribution < -0.4 is 10.5 Å². The molecule has 2 aliphatic rings. The number of likely N-dealkylation sites (tertiary alicyclic amines) is 1. The largest absolute Gasteiger partial charge is 0.485 e. The van der Waals surface area contributed by atoms with Gasteiger partial charge in [-0.1, -0.05) is 24.0 Å². The summed E-state index contributed by atoms with van der Waals surface area (Å²) in [6.07, 6.45) is 7.54. The molecule has 0 radical (unpaired) electrons. The highest BCUT2D eigenvalue weighted by molar-refractivity contribution is 7.15. The molecule has 1 aliphatic heterocycles. The van der Waals surface area contributed by atoms with Gasteiger partial charge in [0.05, 0.1) is 9.88 Å². The Labute approximate surface area is 198 Å². The molecular formula is C26H28N4O2S. The number of nitrogen functional groups attached to an aromatic ring is 1. The fraction of sp³-hybridized carbons (Fsp3) is 0.385. The van der Waals surface area contributed by atoms with Crippen LogP contribution in [0.1, 0.15) is 47.7 Å². The molecular weight excluding hydrogens is 432 g/mol. The number of piperidine rings is 1. The molecule has 0 bridgehead atoms. The van der Waals surface area contributed by atoms with Crippen LogP contribution in [0.5, 0.6) is 5.75 Å². The number of rotatable bonds is 5. The maximum Gasteiger partial charge on any atom is 0.166 e. The van der Waals surface area contributed by atoms with Crippen LogP contribution in [0.15, 0.2) is 42.7 Å². The zero-order chi connectivity index (χ0) is 22.8. The zero-order valence-electron chi connectivity index (χ0n) is 18.8. The van der Waals surface area contributed by atoms with Crippen molar-refractivity contribution in [2.24, 2.45) is 0 Å². The van der Waals surface area contributed by atoms with Gasteiger partial charge in [-0.3, -0.25) is 0 Å². The van der Waals surface area contributed by atoms with Crippen molar-refractivity contribution in [2.45, 2.75) is 43.8 Å². The summed E-state index contributed by atoms with van der Waals surface area (Å²) in [5.41, 5.74) is 8.13. The SMILES string of the molecule is CN1CCC(c2ncc(-c3cnc(N)c(OCc4cccc(C#CC5(O)CC5)c4)c3)s2)CC1. The van der Waals surface area contributed by atoms with Crippen molar-refractivity contribution < 1.29 is 9.84 Å². The number of aromatic nitrogens is 2. The Morgan fingerprint density at radius 3 is 2.82 bits per heavy atom. The first-order valence-corrected chi connectivity index (χ1v) is 12.2. The van der Waals surface area contributed by atoms with Crippen LogP contribution >= 0.6 is 11.3 Å². The molecule has 7 heteroatoms. The van der Waals surface area contributed by atoms with E-state index in [2.05, 4.69) is 28.8 Å². The number of ether oxygens (including phenoxy) is 1. The highest BCUT2D eigenvalue weighted by Gasteiger charge is 2.38. The highest BCUT2D eigenvalue weighted by Crippen LogP contribution is 2.36. The lowest BCUT2D eigenvalue weighted by Gasteiger charge is -2.27. The second kappa shape index (κ2) is 9.14. The molecule has 3 heterocycles. The second-order valence-electron chi connectivity index (χ2n) is 9.02. The topological polar surface area (TPSA) is 84.5 Å². The van der Waals surface area contributed by atoms with Gasteiger partial charge in [-0.15, -0.1) is 11.3 Å². The van der Waals surface area contributed by atoms with E-state index in [0.29, 0.717) is 24.1 Å². The van der Waals surface area contributed by atoms with E-state index in [1.165, 1.54) is 5.01 Å². The van der Waals surface area contributed by atoms with Crippen LogP contribution in [0.25, 0.3) is 10.4 Å². The van der Waals surface area contributed by atoms with Gasteiger partial charge in [0.15, 0.2) is 11.6 Å². The van der Waals surface area contributed by atoms with Gasteiger partial charge in [-0.05, 0) is 69.6 Å². The Balaban J connectivity index is 1.27. The van der Waals surface area contributed by atoms with Crippen LogP contribution in [0.2, 0.25) is 0 Å². The fourth-order valence-electron chi connectivity index (χ4n) is 3.90. The molecule has 170 valence electrons. The van der Waals surface area contributed by atoms with Crippen molar-refractivity contribution >= 4 is 17.2 Å². The third kappa shape index (κ3) is 5.36. The minimum Gasteiger partial charge on any atom is -0.485 e. The fourth-order valence-corrected chi connectivity index (χ4v) is 4.97. The lowest BCUT2D eigenvalue weighted by molar-refractivity contribution is 0.212. The first kappa shape index (κ1) is 21.9. The smallest absolute Gasteiger partial charge is 0.166 e. The Bertz CT molecular complexity index is 1200. The normalized spacial score (nSPS) is 17.9. The Morgan fingerprint density at radius 1 is 1.21 bits per heavy atom. The van der Waals surface area contributed by atoms with Crippen LogP contribution in [0.3, 0.4) is 0 Å². The van der Waals surface area contributed by atoms with Gasteiger partial charge in [0.25, 0.3) is 0 Å². The molecule has 0 unspecified atom stereocenters. The molecule has 0 atom stereocenters. The molecule has 1 aliphatic carbocycles. The lowest BCUT2D eigenvalue weighted by Crippen LogP contribution is -2.29. The number of aliphatic hydroxyl groups is 1. The number of nitrogens with two attached hydrogens (primary N) is 1. The van der Waals surface area contributed by atoms with E-state index in [0.717, 1.165) is 60.3 Å². The van der Waals surface area contributed by atoms with E-state index in [-0.39, 0.29) is 0 Å². The van der Waals surface area contributed by atoms with Crippen molar-refractivity contribution in [3.8, 4) is 28.0 Å². The van der Waals surface area contributed by atoms with Gasteiger partial charge in [0.2, 0.25) is 0 Å². The van der Waals surface area contributed by atoms with E-state index in [4.69, 9.17) is 15.5 Å². The highest BCUT2D eigenvalue weighted by atomic mass is 32.1. The molecule has 3 aromatic rings. The maximum absolute atomic E-state index is 9.92. The standard InChI is InChI=1S/C26H28N4O2S/c1-30-11-6-20(7-12-30)25-29-16-23(33-25)21-14-22(24(27)28-15-21)32-17-19-4-2-3-18(13-19)5-8-26(31)9-10-26/h2-4,13-16,20,31H,6-7,9-12,17H2,1H3,(H2,27,28). The van der Waals surface area contributed by atoms with Gasteiger partial charge in [-0.2, -0.15) is 0 Å². The summed E-state index contributed by atoms with van der Waals surface area (Å²) < 4.78 is 6.03. The third-order valence-electron chi connectivity index (χ3n) is 6.24. The zero-order valence-corrected chi connectivity index (χ0v) is 19.6. The van der Waals surface area contributed by atoms with Crippen LogP contribution in [0.4, 0.5) is 5.82 Å². The van der Waals surface area contributed by atoms with E-state index in [1.807, 2.05) is 36.5 Å². The molecule has 1 saturated carbocycles. The molecule has 1 aromatic carbocycles. The molecule has 0 spiro atoms. The molecule has 5 rings (SSSR count). The predicted octanol–water partition coefficient (Wildman–Crippen LogP) is 4.05. The van der Waals surface area contributed by atoms with Gasteiger partial charge in [0, 0.05) is 29.4 Å². The lowest BCUT2D eigenvalue weighted by atomic mass is 9.98. The average molecular weight is 461 g/mol. The summed E-state index contributed by atoms with van der Waals surface area (Å²) in [7, 11) is 2.17. The minimum absolute atomic E-state index is 0.360. The molecule has 33 heavy (non-hydrogen) atoms. The third-order valence-corrected chi connectivity index (χ3v) is 7.45. The minimum atomic E-state index is -0.781. The van der Waals surface area contributed by atoms with Crippen LogP contribution in [-0.4, -0.2) is 45.7 Å². The monoisotopic (exact) mass is 460 g/mol. The van der Waals surface area contributed by atoms with Crippen molar-refractivity contribution in [1.29, 1.82) is 0 Å². The number of hydrogen-bond donors (Lipinski definition) is 2. The Kier molecular flexibility index (Phi) is 6.07. The molecule has 0 amide bonds. The summed E-state index contributed by atoms with van der Waals surface area (Å²) >= 11 is 1.74. The molecule has 2 fully saturated rings. The molecule has 3 N–H and O–H groups in total. The number of anilines is 1. The Morgan fingerprint density at radius 2 is 2.03 bits per heavy atom. The van der Waals surface area contributed by atoms with Gasteiger partial charge >= 0.3 is 0 Å². The number of hydrogen-bond acceptors (Lipinski definition) is 7. The van der Waals surface area contributed by atoms with E-state index in [1.54, 1.807) is 17.5 Å². The second-order valence-corrected chi connectivity index (χ2v) is 10.1. The van der Waals surface area contributed by atoms with Crippen molar-refractivity contribution in [3.63, 3.8) is 0 Å². The summed E-state index contributed by atoms with van der Waals surface area (Å²) in [5, 5.41) is 11.1. The summed E-state index contributed by atoms with van der Waals surface area (Å²) in [5.74, 6) is 7.46. The van der Waals surface area contributed by atoms with Crippen molar-refractivity contribution in [3.05, 3.63) is 58.9 Å². The van der Waals surface area contributed by atoms with E-state index >= 15 is 0 Å². The quantitative estimate of drug-likeness (QED) is 0.559. The number of benzene rings is 1. The average Bonchev–Trinajstić information content (AvgIpc) is 3.36. The molecule has 6 nitrogen and oxygen atoms in total. The summed E-state index contributed by atoms with van der Waals surface area (Å²) in [6, 6.07) is 9.79. The van der Waals surface area contributed by atoms with Gasteiger partial charge < -0.3 is 20.5 Å². The number of thiazole rings is 1. The van der Waals surface area contributed by atoms with Crippen molar-refractivity contribution in [2.75, 3.05) is 25.9 Å². The van der Waals surface area contributed by atoms with E-state index in [9.17, 15) is 5.11 Å². The first-order chi connectivity index (χ1) is 16.0. The van der Waals surface area contributed by atoms with Gasteiger partial charge in [-0.25, -0.2) is 9.97 Å². The number of pyridine rings is 1. The maximum atomic E-state index is 9.92. The predicted molar refractivity (Wildman–Crippen MR) is 131 cm³/mol. The van der Waals surface area contributed by atoms with Crippen LogP contribution in [-0.2, 0) is 6.61 Å². The van der Waals surface area contributed by atoms with Crippen molar-refractivity contribution in [1.82, 2.24) is 14.9 Å². The van der Waals surface area contributed by atoms with E-state index < -0.39 is 5.60 Å². The molecule has 2 aromatic heterocycles. The summed E-state index contributed by atoms with van der Waals surface area (Å²) in [4.78, 5) is 12.5. The number of nitrogens with zero attached hydrogens (tertiary/aromatic N) is 3. The molecule has 1 saturated heterocycles. The Hall–Kier alpha value is -2.92.